The number of carbonyl (C=O) groups excluding carboxylic acids is 4. The molecule has 0 bridgehead atoms. The quantitative estimate of drug-likeness (QED) is 0.225. The number of ether oxygens (including phenoxy) is 1. The zero-order valence-corrected chi connectivity index (χ0v) is 20.6. The van der Waals surface area contributed by atoms with Gasteiger partial charge in [-0.3, -0.25) is 24.5 Å². The van der Waals surface area contributed by atoms with Crippen molar-refractivity contribution in [2.45, 2.75) is 19.4 Å². The van der Waals surface area contributed by atoms with Crippen molar-refractivity contribution in [3.8, 4) is 0 Å². The second-order valence-electron chi connectivity index (χ2n) is 8.27. The van der Waals surface area contributed by atoms with Gasteiger partial charge in [-0.2, -0.15) is 0 Å². The van der Waals surface area contributed by atoms with Crippen LogP contribution in [0.2, 0.25) is 0 Å². The maximum absolute atomic E-state index is 12.9. The number of rotatable bonds is 9. The van der Waals surface area contributed by atoms with E-state index in [9.17, 15) is 29.3 Å². The van der Waals surface area contributed by atoms with Crippen LogP contribution in [0.5, 0.6) is 0 Å². The van der Waals surface area contributed by atoms with Crippen LogP contribution in [-0.4, -0.2) is 50.9 Å². The monoisotopic (exact) mass is 510 g/mol. The fraction of sp³-hybridized carbons (Fsp3) is 0.250. The largest absolute Gasteiger partial charge is 0.467 e. The van der Waals surface area contributed by atoms with E-state index in [2.05, 4.69) is 20.7 Å². The SMILES string of the molecule is COC(=O)[C@H](C)NC(=O)Cc1cccc(NC(=O)c2cc(NC(=O)c3cc([N+](=O)[O-])cn3C)cn2C)c1. The van der Waals surface area contributed by atoms with Gasteiger partial charge in [0.15, 0.2) is 0 Å². The minimum Gasteiger partial charge on any atom is -0.467 e. The molecule has 0 radical (unpaired) electrons. The molecule has 13 heteroatoms. The molecule has 3 N–H and O–H groups in total. The highest BCUT2D eigenvalue weighted by Gasteiger charge is 2.20. The van der Waals surface area contributed by atoms with Gasteiger partial charge in [0.25, 0.3) is 17.5 Å². The summed E-state index contributed by atoms with van der Waals surface area (Å²) in [7, 11) is 4.38. The maximum atomic E-state index is 12.9. The molecule has 13 nitrogen and oxygen atoms in total. The molecule has 0 saturated carbocycles. The number of amides is 3. The second kappa shape index (κ2) is 11.2. The van der Waals surface area contributed by atoms with E-state index in [1.807, 2.05) is 0 Å². The van der Waals surface area contributed by atoms with Crippen LogP contribution in [0.4, 0.5) is 17.1 Å². The molecule has 2 heterocycles. The zero-order valence-electron chi connectivity index (χ0n) is 20.6. The van der Waals surface area contributed by atoms with Crippen LogP contribution in [0, 0.1) is 10.1 Å². The van der Waals surface area contributed by atoms with Crippen molar-refractivity contribution in [1.29, 1.82) is 0 Å². The molecule has 0 aliphatic rings. The number of nitro groups is 1. The van der Waals surface area contributed by atoms with Crippen molar-refractivity contribution < 1.29 is 28.8 Å². The van der Waals surface area contributed by atoms with Gasteiger partial charge in [0.05, 0.1) is 30.3 Å². The Morgan fingerprint density at radius 1 is 0.973 bits per heavy atom. The van der Waals surface area contributed by atoms with E-state index in [1.165, 1.54) is 48.7 Å². The molecule has 37 heavy (non-hydrogen) atoms. The summed E-state index contributed by atoms with van der Waals surface area (Å²) >= 11 is 0. The summed E-state index contributed by atoms with van der Waals surface area (Å²) in [5, 5.41) is 18.9. The Morgan fingerprint density at radius 2 is 1.59 bits per heavy atom. The van der Waals surface area contributed by atoms with Crippen LogP contribution in [0.3, 0.4) is 0 Å². The molecule has 0 fully saturated rings. The van der Waals surface area contributed by atoms with Gasteiger partial charge in [-0.1, -0.05) is 12.1 Å². The van der Waals surface area contributed by atoms with E-state index >= 15 is 0 Å². The summed E-state index contributed by atoms with van der Waals surface area (Å²) in [4.78, 5) is 59.5. The number of hydrogen-bond donors (Lipinski definition) is 3. The topological polar surface area (TPSA) is 167 Å². The molecule has 3 rings (SSSR count). The van der Waals surface area contributed by atoms with Gasteiger partial charge < -0.3 is 29.8 Å². The molecule has 0 spiro atoms. The molecular weight excluding hydrogens is 484 g/mol. The molecule has 0 unspecified atom stereocenters. The number of aromatic nitrogens is 2. The number of benzene rings is 1. The van der Waals surface area contributed by atoms with Crippen molar-refractivity contribution >= 4 is 40.8 Å². The predicted octanol–water partition coefficient (Wildman–Crippen LogP) is 2.00. The van der Waals surface area contributed by atoms with Crippen LogP contribution in [0.1, 0.15) is 33.5 Å². The van der Waals surface area contributed by atoms with Gasteiger partial charge in [-0.15, -0.1) is 0 Å². The lowest BCUT2D eigenvalue weighted by atomic mass is 10.1. The van der Waals surface area contributed by atoms with Crippen molar-refractivity contribution in [3.63, 3.8) is 0 Å². The lowest BCUT2D eigenvalue weighted by Gasteiger charge is -2.12. The van der Waals surface area contributed by atoms with Gasteiger partial charge in [0.2, 0.25) is 5.91 Å². The van der Waals surface area contributed by atoms with Crippen molar-refractivity contribution in [2.24, 2.45) is 14.1 Å². The average Bonchev–Trinajstić information content (AvgIpc) is 3.40. The minimum absolute atomic E-state index is 0.0112. The number of carbonyl (C=O) groups is 4. The van der Waals surface area contributed by atoms with Crippen molar-refractivity contribution in [3.05, 3.63) is 75.9 Å². The molecule has 3 amide bonds. The number of nitrogens with one attached hydrogen (secondary N) is 3. The molecule has 3 aromatic rings. The summed E-state index contributed by atoms with van der Waals surface area (Å²) in [5.41, 5.74) is 1.50. The third kappa shape index (κ3) is 6.60. The number of aryl methyl sites for hydroxylation is 2. The van der Waals surface area contributed by atoms with E-state index in [0.29, 0.717) is 16.9 Å². The Kier molecular flexibility index (Phi) is 8.07. The van der Waals surface area contributed by atoms with E-state index in [1.54, 1.807) is 31.3 Å². The van der Waals surface area contributed by atoms with Crippen molar-refractivity contribution in [1.82, 2.24) is 14.5 Å². The lowest BCUT2D eigenvalue weighted by molar-refractivity contribution is -0.384. The number of hydrogen-bond acceptors (Lipinski definition) is 7. The highest BCUT2D eigenvalue weighted by Crippen LogP contribution is 2.20. The van der Waals surface area contributed by atoms with Crippen LogP contribution in [0.15, 0.2) is 48.8 Å². The van der Waals surface area contributed by atoms with Gasteiger partial charge in [-0.05, 0) is 30.7 Å². The first-order chi connectivity index (χ1) is 17.5. The Balaban J connectivity index is 1.65. The first kappa shape index (κ1) is 26.7. The normalized spacial score (nSPS) is 11.4. The molecule has 0 aliphatic carbocycles. The fourth-order valence-corrected chi connectivity index (χ4v) is 3.59. The maximum Gasteiger partial charge on any atom is 0.328 e. The Labute approximate surface area is 211 Å². The van der Waals surface area contributed by atoms with E-state index in [0.717, 1.165) is 6.07 Å². The Morgan fingerprint density at radius 3 is 2.22 bits per heavy atom. The van der Waals surface area contributed by atoms with Crippen LogP contribution in [-0.2, 0) is 34.8 Å². The van der Waals surface area contributed by atoms with Gasteiger partial charge >= 0.3 is 5.97 Å². The molecule has 1 atom stereocenters. The average molecular weight is 511 g/mol. The van der Waals surface area contributed by atoms with E-state index < -0.39 is 28.7 Å². The highest BCUT2D eigenvalue weighted by molar-refractivity contribution is 6.07. The fourth-order valence-electron chi connectivity index (χ4n) is 3.59. The number of nitrogens with zero attached hydrogens (tertiary/aromatic N) is 3. The van der Waals surface area contributed by atoms with E-state index in [4.69, 9.17) is 0 Å². The molecule has 0 aliphatic heterocycles. The standard InChI is InChI=1S/C24H26N6O7/c1-14(24(34)37-4)25-21(31)9-15-6-5-7-16(8-15)26-22(32)19-10-17(12-28(19)2)27-23(33)20-11-18(30(35)36)13-29(20)3/h5-8,10-14H,9H2,1-4H3,(H,25,31)(H,26,32)(H,27,33)/t14-/m0/s1. The molecular formula is C24H26N6O7. The van der Waals surface area contributed by atoms with Crippen LogP contribution >= 0.6 is 0 Å². The Hall–Kier alpha value is -4.94. The smallest absolute Gasteiger partial charge is 0.328 e. The van der Waals surface area contributed by atoms with E-state index in [-0.39, 0.29) is 29.4 Å². The minimum atomic E-state index is -0.788. The van der Waals surface area contributed by atoms with Gasteiger partial charge in [0.1, 0.15) is 17.4 Å². The van der Waals surface area contributed by atoms with Crippen LogP contribution in [0.25, 0.3) is 0 Å². The number of methoxy groups -OCH3 is 1. The summed E-state index contributed by atoms with van der Waals surface area (Å²) in [5.74, 6) is -1.97. The first-order valence-electron chi connectivity index (χ1n) is 11.0. The third-order valence-corrected chi connectivity index (χ3v) is 5.41. The summed E-state index contributed by atoms with van der Waals surface area (Å²) < 4.78 is 7.44. The molecule has 194 valence electrons. The highest BCUT2D eigenvalue weighted by atomic mass is 16.6. The predicted molar refractivity (Wildman–Crippen MR) is 133 cm³/mol. The molecule has 2 aromatic heterocycles. The summed E-state index contributed by atoms with van der Waals surface area (Å²) in [6, 6.07) is 8.52. The third-order valence-electron chi connectivity index (χ3n) is 5.41. The van der Waals surface area contributed by atoms with Gasteiger partial charge in [0, 0.05) is 32.0 Å². The molecule has 0 saturated heterocycles. The summed E-state index contributed by atoms with van der Waals surface area (Å²) in [6.45, 7) is 1.51. The lowest BCUT2D eigenvalue weighted by Crippen LogP contribution is -2.39. The first-order valence-corrected chi connectivity index (χ1v) is 11.0. The molecule has 1 aromatic carbocycles. The zero-order chi connectivity index (χ0) is 27.3. The van der Waals surface area contributed by atoms with Crippen LogP contribution < -0.4 is 16.0 Å². The second-order valence-corrected chi connectivity index (χ2v) is 8.27. The number of anilines is 2. The Bertz CT molecular complexity index is 1370. The summed E-state index contributed by atoms with van der Waals surface area (Å²) in [6.07, 6.45) is 2.76. The van der Waals surface area contributed by atoms with Gasteiger partial charge in [-0.25, -0.2) is 4.79 Å². The van der Waals surface area contributed by atoms with Crippen molar-refractivity contribution in [2.75, 3.05) is 17.7 Å². The number of esters is 1.